The van der Waals surface area contributed by atoms with Crippen LogP contribution < -0.4 is 9.64 Å². The van der Waals surface area contributed by atoms with Gasteiger partial charge in [0.15, 0.2) is 5.78 Å². The molecule has 0 N–H and O–H groups in total. The molecule has 0 unspecified atom stereocenters. The minimum absolute atomic E-state index is 0.0385. The summed E-state index contributed by atoms with van der Waals surface area (Å²) in [5, 5.41) is 0. The molecular weight excluding hydrogens is 359 g/mol. The molecule has 1 saturated heterocycles. The maximum Gasteiger partial charge on any atom is 0.222 e. The first-order chi connectivity index (χ1) is 13.6. The monoisotopic (exact) mass is 384 g/mol. The smallest absolute Gasteiger partial charge is 0.222 e. The van der Waals surface area contributed by atoms with Crippen molar-refractivity contribution in [3.05, 3.63) is 59.9 Å². The molecule has 3 rings (SSSR count). The lowest BCUT2D eigenvalue weighted by atomic mass is 10.0. The molecule has 1 aliphatic rings. The van der Waals surface area contributed by atoms with Crippen molar-refractivity contribution in [3.8, 4) is 5.75 Å². The normalized spacial score (nSPS) is 14.1. The third-order valence-corrected chi connectivity index (χ3v) is 5.03. The topological polar surface area (TPSA) is 49.9 Å². The zero-order valence-corrected chi connectivity index (χ0v) is 16.1. The predicted molar refractivity (Wildman–Crippen MR) is 106 cm³/mol. The number of hydrogen-bond acceptors (Lipinski definition) is 4. The quantitative estimate of drug-likeness (QED) is 0.685. The number of benzene rings is 2. The van der Waals surface area contributed by atoms with Gasteiger partial charge in [0.1, 0.15) is 11.6 Å². The van der Waals surface area contributed by atoms with Crippen LogP contribution in [0.3, 0.4) is 0 Å². The first kappa shape index (κ1) is 19.9. The molecule has 2 aromatic rings. The second-order valence-electron chi connectivity index (χ2n) is 6.85. The third-order valence-electron chi connectivity index (χ3n) is 5.03. The number of piperazine rings is 1. The largest absolute Gasteiger partial charge is 0.497 e. The molecule has 1 fully saturated rings. The second-order valence-corrected chi connectivity index (χ2v) is 6.85. The summed E-state index contributed by atoms with van der Waals surface area (Å²) in [6, 6.07) is 13.4. The summed E-state index contributed by atoms with van der Waals surface area (Å²) in [5.41, 5.74) is 1.61. The molecule has 2 aromatic carbocycles. The molecule has 0 spiro atoms. The second kappa shape index (κ2) is 9.35. The maximum absolute atomic E-state index is 13.0. The van der Waals surface area contributed by atoms with Crippen LogP contribution >= 0.6 is 0 Å². The number of methoxy groups -OCH3 is 1. The molecule has 28 heavy (non-hydrogen) atoms. The van der Waals surface area contributed by atoms with Crippen LogP contribution in [0, 0.1) is 5.82 Å². The maximum atomic E-state index is 13.0. The Hall–Kier alpha value is -2.89. The van der Waals surface area contributed by atoms with Gasteiger partial charge in [0.25, 0.3) is 0 Å². The highest BCUT2D eigenvalue weighted by atomic mass is 19.1. The van der Waals surface area contributed by atoms with E-state index in [2.05, 4.69) is 4.90 Å². The number of rotatable bonds is 7. The van der Waals surface area contributed by atoms with Crippen LogP contribution in [0.25, 0.3) is 0 Å². The van der Waals surface area contributed by atoms with Gasteiger partial charge in [0, 0.05) is 50.3 Å². The fourth-order valence-electron chi connectivity index (χ4n) is 3.35. The molecule has 0 aromatic heterocycles. The number of carbonyl (C=O) groups excluding carboxylic acids is 2. The Balaban J connectivity index is 1.40. The van der Waals surface area contributed by atoms with Gasteiger partial charge in [-0.3, -0.25) is 9.59 Å². The van der Waals surface area contributed by atoms with Crippen molar-refractivity contribution in [2.75, 3.05) is 38.2 Å². The summed E-state index contributed by atoms with van der Waals surface area (Å²) in [5.74, 6) is 0.589. The van der Waals surface area contributed by atoms with E-state index in [1.54, 1.807) is 43.5 Å². The van der Waals surface area contributed by atoms with Crippen LogP contribution in [0.1, 0.15) is 29.6 Å². The van der Waals surface area contributed by atoms with Crippen molar-refractivity contribution in [3.63, 3.8) is 0 Å². The van der Waals surface area contributed by atoms with Gasteiger partial charge in [-0.1, -0.05) is 0 Å². The molecule has 1 aliphatic heterocycles. The average molecular weight is 384 g/mol. The van der Waals surface area contributed by atoms with Gasteiger partial charge in [0.2, 0.25) is 5.91 Å². The molecule has 148 valence electrons. The zero-order chi connectivity index (χ0) is 19.9. The first-order valence-corrected chi connectivity index (χ1v) is 9.52. The van der Waals surface area contributed by atoms with Gasteiger partial charge < -0.3 is 14.5 Å². The minimum atomic E-state index is -0.248. The van der Waals surface area contributed by atoms with Gasteiger partial charge in [-0.25, -0.2) is 4.39 Å². The summed E-state index contributed by atoms with van der Waals surface area (Å²) < 4.78 is 18.1. The Bertz CT molecular complexity index is 798. The standard InChI is InChI=1S/C22H25FN2O3/c1-28-20-11-5-17(6-12-20)21(26)3-2-4-22(27)25-15-13-24(14-16-25)19-9-7-18(23)8-10-19/h5-12H,2-4,13-16H2,1H3. The van der Waals surface area contributed by atoms with Crippen molar-refractivity contribution in [1.29, 1.82) is 0 Å². The molecule has 1 heterocycles. The Morgan fingerprint density at radius 2 is 1.57 bits per heavy atom. The van der Waals surface area contributed by atoms with E-state index in [-0.39, 0.29) is 17.5 Å². The number of ketones is 1. The number of anilines is 1. The molecule has 0 bridgehead atoms. The van der Waals surface area contributed by atoms with Crippen molar-refractivity contribution < 1.29 is 18.7 Å². The van der Waals surface area contributed by atoms with E-state index in [4.69, 9.17) is 4.74 Å². The average Bonchev–Trinajstić information content (AvgIpc) is 2.74. The zero-order valence-electron chi connectivity index (χ0n) is 16.1. The number of Topliss-reactive ketones (excluding diaryl/α,β-unsaturated/α-hetero) is 1. The van der Waals surface area contributed by atoms with Crippen molar-refractivity contribution in [2.24, 2.45) is 0 Å². The minimum Gasteiger partial charge on any atom is -0.497 e. The highest BCUT2D eigenvalue weighted by Crippen LogP contribution is 2.18. The van der Waals surface area contributed by atoms with Gasteiger partial charge in [0.05, 0.1) is 7.11 Å². The van der Waals surface area contributed by atoms with Crippen LogP contribution in [0.2, 0.25) is 0 Å². The Labute approximate surface area is 164 Å². The number of halogens is 1. The number of hydrogen-bond donors (Lipinski definition) is 0. The van der Waals surface area contributed by atoms with Gasteiger partial charge >= 0.3 is 0 Å². The van der Waals surface area contributed by atoms with E-state index < -0.39 is 0 Å². The lowest BCUT2D eigenvalue weighted by Gasteiger charge is -2.36. The van der Waals surface area contributed by atoms with Crippen molar-refractivity contribution >= 4 is 17.4 Å². The van der Waals surface area contributed by atoms with E-state index in [0.717, 1.165) is 18.8 Å². The summed E-state index contributed by atoms with van der Waals surface area (Å²) >= 11 is 0. The number of nitrogens with zero attached hydrogens (tertiary/aromatic N) is 2. The highest BCUT2D eigenvalue weighted by Gasteiger charge is 2.21. The van der Waals surface area contributed by atoms with E-state index in [9.17, 15) is 14.0 Å². The first-order valence-electron chi connectivity index (χ1n) is 9.52. The SMILES string of the molecule is COc1ccc(C(=O)CCCC(=O)N2CCN(c3ccc(F)cc3)CC2)cc1. The van der Waals surface area contributed by atoms with Gasteiger partial charge in [-0.2, -0.15) is 0 Å². The summed E-state index contributed by atoms with van der Waals surface area (Å²) in [6.07, 6.45) is 1.27. The van der Waals surface area contributed by atoms with Gasteiger partial charge in [-0.05, 0) is 55.0 Å². The van der Waals surface area contributed by atoms with Crippen LogP contribution in [-0.4, -0.2) is 49.9 Å². The van der Waals surface area contributed by atoms with Crippen LogP contribution in [0.4, 0.5) is 10.1 Å². The number of carbonyl (C=O) groups is 2. The van der Waals surface area contributed by atoms with Crippen LogP contribution in [0.15, 0.2) is 48.5 Å². The fourth-order valence-corrected chi connectivity index (χ4v) is 3.35. The van der Waals surface area contributed by atoms with E-state index in [1.165, 1.54) is 12.1 Å². The van der Waals surface area contributed by atoms with E-state index in [0.29, 0.717) is 43.7 Å². The molecule has 0 atom stereocenters. The Kier molecular flexibility index (Phi) is 6.63. The van der Waals surface area contributed by atoms with Crippen molar-refractivity contribution in [1.82, 2.24) is 4.90 Å². The molecule has 0 aliphatic carbocycles. The molecule has 0 saturated carbocycles. The predicted octanol–water partition coefficient (Wildman–Crippen LogP) is 3.54. The molecule has 1 amide bonds. The molecule has 6 heteroatoms. The van der Waals surface area contributed by atoms with E-state index in [1.807, 2.05) is 4.90 Å². The summed E-state index contributed by atoms with van der Waals surface area (Å²) in [6.45, 7) is 2.73. The Morgan fingerprint density at radius 1 is 0.929 bits per heavy atom. The highest BCUT2D eigenvalue weighted by molar-refractivity contribution is 5.96. The Morgan fingerprint density at radius 3 is 2.18 bits per heavy atom. The molecule has 5 nitrogen and oxygen atoms in total. The van der Waals surface area contributed by atoms with E-state index >= 15 is 0 Å². The summed E-state index contributed by atoms with van der Waals surface area (Å²) in [7, 11) is 1.59. The summed E-state index contributed by atoms with van der Waals surface area (Å²) in [4.78, 5) is 28.6. The number of ether oxygens (including phenoxy) is 1. The fraction of sp³-hybridized carbons (Fsp3) is 0.364. The lowest BCUT2D eigenvalue weighted by Crippen LogP contribution is -2.48. The van der Waals surface area contributed by atoms with Crippen molar-refractivity contribution in [2.45, 2.75) is 19.3 Å². The number of amides is 1. The van der Waals surface area contributed by atoms with Crippen LogP contribution in [0.5, 0.6) is 5.75 Å². The lowest BCUT2D eigenvalue weighted by molar-refractivity contribution is -0.131. The third kappa shape index (κ3) is 5.09. The van der Waals surface area contributed by atoms with Crippen LogP contribution in [-0.2, 0) is 4.79 Å². The molecular formula is C22H25FN2O3. The van der Waals surface area contributed by atoms with Gasteiger partial charge in [-0.15, -0.1) is 0 Å². The molecule has 0 radical (unpaired) electrons.